The summed E-state index contributed by atoms with van der Waals surface area (Å²) < 4.78 is 17.9. The molecule has 0 aliphatic heterocycles. The van der Waals surface area contributed by atoms with Crippen molar-refractivity contribution < 1.29 is 19.0 Å². The summed E-state index contributed by atoms with van der Waals surface area (Å²) in [5, 5.41) is 4.17. The molecule has 1 aliphatic carbocycles. The van der Waals surface area contributed by atoms with Crippen LogP contribution in [0.1, 0.15) is 22.4 Å². The summed E-state index contributed by atoms with van der Waals surface area (Å²) in [6.45, 7) is 0. The van der Waals surface area contributed by atoms with E-state index in [-0.39, 0.29) is 0 Å². The smallest absolute Gasteiger partial charge is 0.339 e. The van der Waals surface area contributed by atoms with E-state index in [0.29, 0.717) is 23.7 Å². The Morgan fingerprint density at radius 3 is 2.27 bits per heavy atom. The molecule has 0 bridgehead atoms. The van der Waals surface area contributed by atoms with E-state index in [1.165, 1.54) is 4.68 Å². The number of methoxy groups -OCH3 is 3. The van der Waals surface area contributed by atoms with Gasteiger partial charge in [-0.25, -0.2) is 4.79 Å². The number of carbonyl (C=O) groups is 1. The fourth-order valence-corrected chi connectivity index (χ4v) is 4.09. The molecule has 7 nitrogen and oxygen atoms in total. The van der Waals surface area contributed by atoms with E-state index in [4.69, 9.17) is 19.9 Å². The lowest BCUT2D eigenvalue weighted by Gasteiger charge is -2.35. The maximum atomic E-state index is 11.9. The molecule has 154 valence electrons. The molecule has 1 heterocycles. The zero-order valence-corrected chi connectivity index (χ0v) is 17.1. The number of benzene rings is 2. The first-order valence-electron chi connectivity index (χ1n) is 9.46. The molecule has 1 aliphatic rings. The van der Waals surface area contributed by atoms with Gasteiger partial charge in [-0.2, -0.15) is 9.78 Å². The van der Waals surface area contributed by atoms with E-state index >= 15 is 0 Å². The summed E-state index contributed by atoms with van der Waals surface area (Å²) in [5.41, 5.74) is 8.58. The number of aromatic nitrogens is 2. The fraction of sp³-hybridized carbons (Fsp3) is 0.217. The highest BCUT2D eigenvalue weighted by Crippen LogP contribution is 2.47. The van der Waals surface area contributed by atoms with Crippen LogP contribution in [0.2, 0.25) is 0 Å². The van der Waals surface area contributed by atoms with Crippen LogP contribution in [0, 0.1) is 0 Å². The van der Waals surface area contributed by atoms with Crippen LogP contribution in [0.5, 0.6) is 17.2 Å². The number of ether oxygens (including phenoxy) is 3. The maximum Gasteiger partial charge on any atom is 0.339 e. The van der Waals surface area contributed by atoms with Gasteiger partial charge in [0.05, 0.1) is 33.2 Å². The first-order valence-corrected chi connectivity index (χ1v) is 9.46. The van der Waals surface area contributed by atoms with Crippen molar-refractivity contribution in [3.05, 3.63) is 77.1 Å². The Bertz CT molecular complexity index is 1100. The lowest BCUT2D eigenvalue weighted by Crippen LogP contribution is -2.33. The van der Waals surface area contributed by atoms with Gasteiger partial charge in [0.1, 0.15) is 0 Å². The standard InChI is InChI=1S/C23H23N3O4/c1-28-19-11-17(12-20(29-2)21(19)30-3)23(16-7-5-4-6-8-16)10-9-15-14-25-26(22(24)27)18(15)13-23/h4-12,14H,13H2,1-3H3,(H2,24,27). The Morgan fingerprint density at radius 1 is 1.03 bits per heavy atom. The van der Waals surface area contributed by atoms with Gasteiger partial charge in [0.25, 0.3) is 0 Å². The topological polar surface area (TPSA) is 88.6 Å². The number of hydrogen-bond donors (Lipinski definition) is 1. The average molecular weight is 405 g/mol. The van der Waals surface area contributed by atoms with Gasteiger partial charge in [-0.1, -0.05) is 42.5 Å². The highest BCUT2D eigenvalue weighted by Gasteiger charge is 2.38. The predicted octanol–water partition coefficient (Wildman–Crippen LogP) is 3.39. The van der Waals surface area contributed by atoms with Gasteiger partial charge >= 0.3 is 6.03 Å². The number of hydrogen-bond acceptors (Lipinski definition) is 5. The second kappa shape index (κ2) is 7.59. The molecule has 0 saturated carbocycles. The molecule has 2 N–H and O–H groups in total. The van der Waals surface area contributed by atoms with E-state index in [0.717, 1.165) is 22.4 Å². The summed E-state index contributed by atoms with van der Waals surface area (Å²) in [5.74, 6) is 1.64. The normalized spacial score (nSPS) is 17.3. The summed E-state index contributed by atoms with van der Waals surface area (Å²) in [7, 11) is 4.76. The second-order valence-electron chi connectivity index (χ2n) is 7.06. The van der Waals surface area contributed by atoms with Gasteiger partial charge in [-0.05, 0) is 23.3 Å². The molecule has 7 heteroatoms. The van der Waals surface area contributed by atoms with Gasteiger partial charge in [-0.3, -0.25) is 0 Å². The Kier molecular flexibility index (Phi) is 4.95. The molecule has 1 aromatic heterocycles. The summed E-state index contributed by atoms with van der Waals surface area (Å²) in [6.07, 6.45) is 6.24. The quantitative estimate of drug-likeness (QED) is 0.703. The van der Waals surface area contributed by atoms with Gasteiger partial charge in [0.15, 0.2) is 11.5 Å². The van der Waals surface area contributed by atoms with Gasteiger partial charge in [-0.15, -0.1) is 0 Å². The van der Waals surface area contributed by atoms with Crippen molar-refractivity contribution >= 4 is 12.1 Å². The van der Waals surface area contributed by atoms with Crippen molar-refractivity contribution in [3.8, 4) is 17.2 Å². The fourth-order valence-electron chi connectivity index (χ4n) is 4.09. The van der Waals surface area contributed by atoms with E-state index in [1.54, 1.807) is 27.5 Å². The lowest BCUT2D eigenvalue weighted by atomic mass is 9.68. The maximum absolute atomic E-state index is 11.9. The number of rotatable bonds is 5. The molecule has 1 atom stereocenters. The highest BCUT2D eigenvalue weighted by molar-refractivity contribution is 5.77. The van der Waals surface area contributed by atoms with Crippen LogP contribution in [-0.4, -0.2) is 37.1 Å². The minimum atomic E-state index is -0.613. The molecule has 2 aromatic carbocycles. The first kappa shape index (κ1) is 19.6. The van der Waals surface area contributed by atoms with Crippen LogP contribution in [0.15, 0.2) is 54.7 Å². The lowest BCUT2D eigenvalue weighted by molar-refractivity contribution is 0.246. The van der Waals surface area contributed by atoms with E-state index < -0.39 is 11.4 Å². The minimum Gasteiger partial charge on any atom is -0.493 e. The van der Waals surface area contributed by atoms with Crippen LogP contribution in [0.3, 0.4) is 0 Å². The summed E-state index contributed by atoms with van der Waals surface area (Å²) >= 11 is 0. The number of amides is 1. The molecule has 0 spiro atoms. The Labute approximate surface area is 174 Å². The Morgan fingerprint density at radius 2 is 1.70 bits per heavy atom. The third-order valence-electron chi connectivity index (χ3n) is 5.57. The van der Waals surface area contributed by atoms with Crippen molar-refractivity contribution in [1.29, 1.82) is 0 Å². The van der Waals surface area contributed by atoms with Gasteiger partial charge in [0, 0.05) is 17.4 Å². The van der Waals surface area contributed by atoms with Gasteiger partial charge < -0.3 is 19.9 Å². The summed E-state index contributed by atoms with van der Waals surface area (Å²) in [6, 6.07) is 13.3. The molecular weight excluding hydrogens is 382 g/mol. The molecule has 30 heavy (non-hydrogen) atoms. The van der Waals surface area contributed by atoms with Crippen LogP contribution < -0.4 is 19.9 Å². The second-order valence-corrected chi connectivity index (χ2v) is 7.06. The predicted molar refractivity (Wildman–Crippen MR) is 113 cm³/mol. The number of nitrogens with zero attached hydrogens (tertiary/aromatic N) is 2. The number of carbonyl (C=O) groups excluding carboxylic acids is 1. The van der Waals surface area contributed by atoms with Crippen LogP contribution in [0.25, 0.3) is 6.08 Å². The van der Waals surface area contributed by atoms with Crippen molar-refractivity contribution in [1.82, 2.24) is 9.78 Å². The van der Waals surface area contributed by atoms with Crippen molar-refractivity contribution in [2.24, 2.45) is 5.73 Å². The molecule has 1 unspecified atom stereocenters. The Hall–Kier alpha value is -3.74. The molecule has 1 amide bonds. The Balaban J connectivity index is 1.98. The average Bonchev–Trinajstić information content (AvgIpc) is 3.21. The molecule has 4 rings (SSSR count). The number of nitrogens with two attached hydrogens (primary N) is 1. The van der Waals surface area contributed by atoms with Crippen LogP contribution >= 0.6 is 0 Å². The monoisotopic (exact) mass is 405 g/mol. The van der Waals surface area contributed by atoms with E-state index in [1.807, 2.05) is 36.4 Å². The van der Waals surface area contributed by atoms with Crippen molar-refractivity contribution in [2.45, 2.75) is 11.8 Å². The van der Waals surface area contributed by atoms with Gasteiger partial charge in [0.2, 0.25) is 5.75 Å². The minimum absolute atomic E-state index is 0.491. The largest absolute Gasteiger partial charge is 0.493 e. The molecular formula is C23H23N3O4. The van der Waals surface area contributed by atoms with Crippen molar-refractivity contribution in [2.75, 3.05) is 21.3 Å². The zero-order valence-electron chi connectivity index (χ0n) is 17.1. The van der Waals surface area contributed by atoms with Crippen LogP contribution in [-0.2, 0) is 11.8 Å². The summed E-state index contributed by atoms with van der Waals surface area (Å²) in [4.78, 5) is 11.9. The van der Waals surface area contributed by atoms with E-state index in [2.05, 4.69) is 23.3 Å². The third-order valence-corrected chi connectivity index (χ3v) is 5.57. The zero-order chi connectivity index (χ0) is 21.3. The first-order chi connectivity index (χ1) is 14.5. The molecule has 0 radical (unpaired) electrons. The molecule has 0 fully saturated rings. The van der Waals surface area contributed by atoms with Crippen LogP contribution in [0.4, 0.5) is 4.79 Å². The SMILES string of the molecule is COc1cc(C2(c3ccccc3)C=Cc3cnn(C(N)=O)c3C2)cc(OC)c1OC. The molecule has 0 saturated heterocycles. The van der Waals surface area contributed by atoms with E-state index in [9.17, 15) is 4.79 Å². The number of primary amides is 1. The highest BCUT2D eigenvalue weighted by atomic mass is 16.5. The third kappa shape index (κ3) is 2.99. The number of allylic oxidation sites excluding steroid dienone is 1. The number of fused-ring (bicyclic) bond motifs is 1. The molecule has 3 aromatic rings. The van der Waals surface area contributed by atoms with Crippen molar-refractivity contribution in [3.63, 3.8) is 0 Å².